The molecule has 1 unspecified atom stereocenters. The van der Waals surface area contributed by atoms with Crippen molar-refractivity contribution in [3.05, 3.63) is 41.5 Å². The number of phenolic OH excluding ortho intramolecular Hbond substituents is 1. The molecule has 1 aliphatic heterocycles. The van der Waals surface area contributed by atoms with E-state index < -0.39 is 35.7 Å². The van der Waals surface area contributed by atoms with E-state index in [1.807, 2.05) is 20.8 Å². The van der Waals surface area contributed by atoms with Gasteiger partial charge in [-0.3, -0.25) is 9.59 Å². The molecule has 6 rings (SSSR count). The molecule has 5 aliphatic rings. The molecule has 0 radical (unpaired) electrons. The van der Waals surface area contributed by atoms with Crippen LogP contribution in [0.15, 0.2) is 35.9 Å². The molecule has 1 saturated heterocycles. The Morgan fingerprint density at radius 2 is 1.63 bits per heavy atom. The zero-order valence-electron chi connectivity index (χ0n) is 40.0. The van der Waals surface area contributed by atoms with Gasteiger partial charge in [-0.05, 0) is 168 Å². The summed E-state index contributed by atoms with van der Waals surface area (Å²) in [5, 5.41) is 21.8. The number of alkyl carbamates (subject to hydrolysis) is 1. The maximum atomic E-state index is 14.3. The van der Waals surface area contributed by atoms with E-state index in [2.05, 4.69) is 62.0 Å². The molecule has 1 aromatic carbocycles. The lowest BCUT2D eigenvalue weighted by Crippen LogP contribution is -2.55. The molecule has 11 atom stereocenters. The van der Waals surface area contributed by atoms with Crippen molar-refractivity contribution in [1.29, 1.82) is 0 Å². The summed E-state index contributed by atoms with van der Waals surface area (Å²) < 4.78 is 11.8. The Morgan fingerprint density at radius 3 is 2.33 bits per heavy atom. The van der Waals surface area contributed by atoms with Crippen molar-refractivity contribution in [2.45, 2.75) is 194 Å². The summed E-state index contributed by atoms with van der Waals surface area (Å²) in [7, 11) is 0. The van der Waals surface area contributed by atoms with E-state index in [-0.39, 0.29) is 35.6 Å². The van der Waals surface area contributed by atoms with Crippen molar-refractivity contribution >= 4 is 23.9 Å². The maximum Gasteiger partial charge on any atom is 0.407 e. The molecule has 352 valence electrons. The summed E-state index contributed by atoms with van der Waals surface area (Å²) in [6.07, 6.45) is 17.9. The van der Waals surface area contributed by atoms with Crippen molar-refractivity contribution in [1.82, 2.24) is 21.3 Å². The van der Waals surface area contributed by atoms with Crippen molar-refractivity contribution in [3.63, 3.8) is 0 Å². The highest BCUT2D eigenvalue weighted by molar-refractivity contribution is 5.92. The van der Waals surface area contributed by atoms with Crippen molar-refractivity contribution < 1.29 is 33.8 Å². The van der Waals surface area contributed by atoms with E-state index in [0.29, 0.717) is 49.5 Å². The number of allylic oxidation sites excluding steroid dienone is 1. The molecule has 1 heterocycles. The van der Waals surface area contributed by atoms with Gasteiger partial charge in [0.2, 0.25) is 11.8 Å². The van der Waals surface area contributed by atoms with Gasteiger partial charge in [0.15, 0.2) is 0 Å². The molecule has 11 heteroatoms. The molecule has 0 spiro atoms. The predicted molar refractivity (Wildman–Crippen MR) is 248 cm³/mol. The number of aromatic hydroxyl groups is 1. The number of fused-ring (bicyclic) bond motifs is 5. The average Bonchev–Trinajstić information content (AvgIpc) is 3.89. The average molecular weight is 875 g/mol. The summed E-state index contributed by atoms with van der Waals surface area (Å²) in [6, 6.07) is 4.28. The molecule has 11 nitrogen and oxygen atoms in total. The summed E-state index contributed by atoms with van der Waals surface area (Å²) in [5.74, 6) is 3.45. The van der Waals surface area contributed by atoms with Crippen LogP contribution in [0.4, 0.5) is 4.79 Å². The fourth-order valence-corrected chi connectivity index (χ4v) is 12.8. The first-order valence-electron chi connectivity index (χ1n) is 24.8. The smallest absolute Gasteiger partial charge is 0.407 e. The van der Waals surface area contributed by atoms with Gasteiger partial charge < -0.3 is 35.8 Å². The quantitative estimate of drug-likeness (QED) is 0.0556. The van der Waals surface area contributed by atoms with Crippen LogP contribution in [0.1, 0.15) is 164 Å². The summed E-state index contributed by atoms with van der Waals surface area (Å²) in [5.41, 5.74) is 2.13. The van der Waals surface area contributed by atoms with Crippen LogP contribution in [0.3, 0.4) is 0 Å². The highest BCUT2D eigenvalue weighted by atomic mass is 16.6. The number of unbranched alkanes of at least 4 members (excludes halogenated alkanes) is 1. The standard InChI is InChI=1S/C52H82N4O7/c1-33(2)13-11-14-34(3)40-23-24-41-39-22-19-36-32-38(25-27-51(36,7)42(39)26-28-52(40,41)8)62-48(60)44(15-9-10-29-54-49(61)63-50(4,5)6)55-47(59)45(31-35-17-20-37(57)21-18-35)56-46(58)43-16-12-30-53-43/h17-21,33-34,38-45,53,57H,9-16,22-32H2,1-8H3,(H,54,61)(H,55,59)(H,56,58)/t34-,38?,39+,40-,41+,42+,43+,44+,45+,51+,52-/m1/s1. The molecule has 3 amide bonds. The topological polar surface area (TPSA) is 155 Å². The Bertz CT molecular complexity index is 1750. The fraction of sp³-hybridized carbons (Fsp3) is 0.769. The van der Waals surface area contributed by atoms with Crippen LogP contribution < -0.4 is 21.3 Å². The van der Waals surface area contributed by atoms with Gasteiger partial charge in [-0.1, -0.05) is 77.7 Å². The zero-order chi connectivity index (χ0) is 45.5. The molecule has 0 aromatic heterocycles. The Hall–Kier alpha value is -3.60. The van der Waals surface area contributed by atoms with E-state index in [1.165, 1.54) is 50.5 Å². The van der Waals surface area contributed by atoms with E-state index >= 15 is 0 Å². The number of phenols is 1. The van der Waals surface area contributed by atoms with Crippen molar-refractivity contribution in [3.8, 4) is 5.75 Å². The highest BCUT2D eigenvalue weighted by Crippen LogP contribution is 2.67. The van der Waals surface area contributed by atoms with Gasteiger partial charge in [0.1, 0.15) is 29.5 Å². The Labute approximate surface area is 378 Å². The Morgan fingerprint density at radius 1 is 0.873 bits per heavy atom. The van der Waals surface area contributed by atoms with Crippen LogP contribution in [-0.4, -0.2) is 71.9 Å². The third-order valence-electron chi connectivity index (χ3n) is 16.1. The number of rotatable bonds is 18. The molecule has 5 N–H and O–H groups in total. The lowest BCUT2D eigenvalue weighted by atomic mass is 9.47. The van der Waals surface area contributed by atoms with Crippen LogP contribution in [0.2, 0.25) is 0 Å². The second-order valence-corrected chi connectivity index (χ2v) is 22.2. The van der Waals surface area contributed by atoms with E-state index in [4.69, 9.17) is 9.47 Å². The number of ether oxygens (including phenoxy) is 2. The van der Waals surface area contributed by atoms with Crippen LogP contribution in [-0.2, 0) is 30.3 Å². The number of esters is 1. The largest absolute Gasteiger partial charge is 0.508 e. The monoisotopic (exact) mass is 875 g/mol. The molecular weight excluding hydrogens is 793 g/mol. The van der Waals surface area contributed by atoms with Gasteiger partial charge in [0.05, 0.1) is 6.04 Å². The Balaban J connectivity index is 1.11. The van der Waals surface area contributed by atoms with Gasteiger partial charge in [-0.2, -0.15) is 0 Å². The van der Waals surface area contributed by atoms with Gasteiger partial charge in [0.25, 0.3) is 0 Å². The minimum atomic E-state index is -0.954. The summed E-state index contributed by atoms with van der Waals surface area (Å²) >= 11 is 0. The molecular formula is C52H82N4O7. The van der Waals surface area contributed by atoms with Crippen LogP contribution in [0.5, 0.6) is 5.75 Å². The lowest BCUT2D eigenvalue weighted by Gasteiger charge is -2.58. The summed E-state index contributed by atoms with van der Waals surface area (Å²) in [4.78, 5) is 54.1. The first-order chi connectivity index (χ1) is 29.9. The minimum Gasteiger partial charge on any atom is -0.508 e. The normalized spacial score (nSPS) is 30.5. The first kappa shape index (κ1) is 48.8. The molecule has 63 heavy (non-hydrogen) atoms. The van der Waals surface area contributed by atoms with Gasteiger partial charge in [0, 0.05) is 19.4 Å². The van der Waals surface area contributed by atoms with E-state index in [1.54, 1.807) is 24.3 Å². The number of hydrogen-bond acceptors (Lipinski definition) is 8. The maximum absolute atomic E-state index is 14.3. The third kappa shape index (κ3) is 12.4. The molecule has 0 bridgehead atoms. The van der Waals surface area contributed by atoms with Crippen molar-refractivity contribution in [2.24, 2.45) is 46.3 Å². The third-order valence-corrected chi connectivity index (χ3v) is 16.1. The van der Waals surface area contributed by atoms with Gasteiger partial charge in [-0.25, -0.2) is 9.59 Å². The SMILES string of the molecule is CC(C)CCC[C@@H](C)[C@H]1CC[C@H]2[C@@H]3CC=C4CC(OC(=O)[C@H](CCCCNC(=O)OC(C)(C)C)NC(=O)[C@H](Cc5ccc(O)cc5)NC(=O)[C@@H]5CCCN5)CC[C@]4(C)[C@H]3CC[C@]12C. The Kier molecular flexibility index (Phi) is 16.4. The number of nitrogens with one attached hydrogen (secondary N) is 4. The molecule has 3 saturated carbocycles. The fourth-order valence-electron chi connectivity index (χ4n) is 12.8. The number of amides is 3. The lowest BCUT2D eigenvalue weighted by molar-refractivity contribution is -0.155. The first-order valence-corrected chi connectivity index (χ1v) is 24.8. The number of carbonyl (C=O) groups excluding carboxylic acids is 4. The summed E-state index contributed by atoms with van der Waals surface area (Å²) in [6.45, 7) is 18.9. The van der Waals surface area contributed by atoms with Gasteiger partial charge >= 0.3 is 12.1 Å². The van der Waals surface area contributed by atoms with Crippen molar-refractivity contribution in [2.75, 3.05) is 13.1 Å². The minimum absolute atomic E-state index is 0.108. The second-order valence-electron chi connectivity index (χ2n) is 22.2. The van der Waals surface area contributed by atoms with Crippen LogP contribution in [0, 0.1) is 46.3 Å². The highest BCUT2D eigenvalue weighted by Gasteiger charge is 2.59. The van der Waals surface area contributed by atoms with Crippen LogP contribution >= 0.6 is 0 Å². The second kappa shape index (κ2) is 21.1. The molecule has 1 aromatic rings. The van der Waals surface area contributed by atoms with E-state index in [0.717, 1.165) is 67.9 Å². The predicted octanol–water partition coefficient (Wildman–Crippen LogP) is 9.30. The zero-order valence-corrected chi connectivity index (χ0v) is 40.0. The number of carbonyl (C=O) groups is 4. The van der Waals surface area contributed by atoms with Crippen LogP contribution in [0.25, 0.3) is 0 Å². The van der Waals surface area contributed by atoms with Gasteiger partial charge in [-0.15, -0.1) is 0 Å². The number of benzene rings is 1. The number of hydrogen-bond donors (Lipinski definition) is 5. The molecule has 4 fully saturated rings. The van der Waals surface area contributed by atoms with E-state index in [9.17, 15) is 24.3 Å². The molecule has 4 aliphatic carbocycles.